The Morgan fingerprint density at radius 3 is 2.67 bits per heavy atom. The Labute approximate surface area is 111 Å². The molecule has 0 spiro atoms. The monoisotopic (exact) mass is 246 g/mol. The highest BCUT2D eigenvalue weighted by Gasteiger charge is 2.17. The maximum absolute atomic E-state index is 2.33. The Morgan fingerprint density at radius 1 is 1.11 bits per heavy atom. The van der Waals surface area contributed by atoms with E-state index < -0.39 is 0 Å². The molecule has 18 heavy (non-hydrogen) atoms. The van der Waals surface area contributed by atoms with Crippen LogP contribution in [0.1, 0.15) is 18.9 Å². The van der Waals surface area contributed by atoms with Crippen molar-refractivity contribution in [1.29, 1.82) is 0 Å². The summed E-state index contributed by atoms with van der Waals surface area (Å²) in [6.07, 6.45) is 3.69. The van der Waals surface area contributed by atoms with Crippen molar-refractivity contribution >= 4 is 6.08 Å². The Balaban J connectivity index is 1.90. The van der Waals surface area contributed by atoms with Crippen molar-refractivity contribution in [2.45, 2.75) is 13.3 Å². The molecule has 1 heterocycles. The van der Waals surface area contributed by atoms with Crippen molar-refractivity contribution in [1.82, 2.24) is 0 Å². The standard InChI is InChI=1S/C16H24N2/c1-15(13-16-7-4-3-5-8-16)14-18-10-6-9-17(2)11-12-18/h3-5,7-8,13H,6,9-12,14H2,1-2H3/p+2/b15-13+. The van der Waals surface area contributed by atoms with Crippen LogP contribution in [0, 0.1) is 0 Å². The van der Waals surface area contributed by atoms with Crippen molar-refractivity contribution in [2.24, 2.45) is 0 Å². The van der Waals surface area contributed by atoms with E-state index in [-0.39, 0.29) is 0 Å². The van der Waals surface area contributed by atoms with E-state index in [1.165, 1.54) is 50.3 Å². The van der Waals surface area contributed by atoms with E-state index in [9.17, 15) is 0 Å². The molecule has 1 saturated heterocycles. The van der Waals surface area contributed by atoms with Gasteiger partial charge in [-0.2, -0.15) is 0 Å². The predicted molar refractivity (Wildman–Crippen MR) is 76.9 cm³/mol. The molecule has 1 aliphatic heterocycles. The largest absolute Gasteiger partial charge is 0.333 e. The van der Waals surface area contributed by atoms with E-state index in [0.29, 0.717) is 0 Å². The Kier molecular flexibility index (Phi) is 4.97. The van der Waals surface area contributed by atoms with Gasteiger partial charge in [-0.25, -0.2) is 0 Å². The fourth-order valence-corrected chi connectivity index (χ4v) is 2.74. The minimum atomic E-state index is 1.20. The van der Waals surface area contributed by atoms with Crippen LogP contribution in [0.2, 0.25) is 0 Å². The number of likely N-dealkylation sites (N-methyl/N-ethyl adjacent to an activating group) is 1. The Morgan fingerprint density at radius 2 is 1.89 bits per heavy atom. The third-order valence-corrected chi connectivity index (χ3v) is 3.78. The van der Waals surface area contributed by atoms with Gasteiger partial charge in [-0.1, -0.05) is 36.4 Å². The second kappa shape index (κ2) is 6.72. The van der Waals surface area contributed by atoms with Gasteiger partial charge in [-0.3, -0.25) is 0 Å². The summed E-state index contributed by atoms with van der Waals surface area (Å²) in [4.78, 5) is 3.44. The van der Waals surface area contributed by atoms with Crippen LogP contribution in [0.5, 0.6) is 0 Å². The topological polar surface area (TPSA) is 8.88 Å². The molecular formula is C16H26N2+2. The van der Waals surface area contributed by atoms with Gasteiger partial charge in [0.2, 0.25) is 0 Å². The predicted octanol–water partition coefficient (Wildman–Crippen LogP) is -0.107. The molecule has 2 N–H and O–H groups in total. The minimum Gasteiger partial charge on any atom is -0.333 e. The average Bonchev–Trinajstić information content (AvgIpc) is 2.56. The quantitative estimate of drug-likeness (QED) is 0.737. The summed E-state index contributed by atoms with van der Waals surface area (Å²) >= 11 is 0. The molecule has 0 amide bonds. The molecule has 0 bridgehead atoms. The molecule has 1 aromatic rings. The number of quaternary nitrogens is 2. The van der Waals surface area contributed by atoms with Crippen LogP contribution < -0.4 is 9.80 Å². The highest BCUT2D eigenvalue weighted by Crippen LogP contribution is 2.04. The summed E-state index contributed by atoms with van der Waals surface area (Å²) in [7, 11) is 2.32. The molecule has 1 aromatic carbocycles. The first-order valence-electron chi connectivity index (χ1n) is 7.11. The van der Waals surface area contributed by atoms with Gasteiger partial charge < -0.3 is 9.80 Å². The van der Waals surface area contributed by atoms with Gasteiger partial charge in [-0.05, 0) is 18.1 Å². The molecule has 2 heteroatoms. The summed E-state index contributed by atoms with van der Waals surface area (Å²) in [6.45, 7) is 8.76. The van der Waals surface area contributed by atoms with Gasteiger partial charge in [0.15, 0.2) is 0 Å². The zero-order valence-electron chi connectivity index (χ0n) is 11.7. The summed E-state index contributed by atoms with van der Waals surface area (Å²) in [6, 6.07) is 10.6. The molecular weight excluding hydrogens is 220 g/mol. The Hall–Kier alpha value is -1.12. The SMILES string of the molecule is C/C(=C\c1ccccc1)C[NH+]1CCC[NH+](C)CC1. The number of hydrogen-bond acceptors (Lipinski definition) is 0. The van der Waals surface area contributed by atoms with E-state index in [1.54, 1.807) is 9.80 Å². The van der Waals surface area contributed by atoms with Gasteiger partial charge in [-0.15, -0.1) is 0 Å². The third kappa shape index (κ3) is 4.28. The molecule has 2 unspecified atom stereocenters. The van der Waals surface area contributed by atoms with E-state index in [1.807, 2.05) is 0 Å². The number of rotatable bonds is 3. The van der Waals surface area contributed by atoms with Crippen molar-refractivity contribution in [2.75, 3.05) is 39.8 Å². The molecule has 2 atom stereocenters. The lowest BCUT2D eigenvalue weighted by Gasteiger charge is -2.16. The molecule has 0 radical (unpaired) electrons. The number of nitrogens with one attached hydrogen (secondary N) is 2. The lowest BCUT2D eigenvalue weighted by molar-refractivity contribution is -0.927. The normalized spacial score (nSPS) is 25.8. The molecule has 0 saturated carbocycles. The lowest BCUT2D eigenvalue weighted by Crippen LogP contribution is -3.16. The molecule has 0 aliphatic carbocycles. The molecule has 1 fully saturated rings. The summed E-state index contributed by atoms with van der Waals surface area (Å²) in [5.41, 5.74) is 2.82. The average molecular weight is 246 g/mol. The minimum absolute atomic E-state index is 1.20. The number of hydrogen-bond donors (Lipinski definition) is 2. The Bertz CT molecular complexity index is 383. The second-order valence-corrected chi connectivity index (χ2v) is 5.64. The van der Waals surface area contributed by atoms with Crippen molar-refractivity contribution in [3.8, 4) is 0 Å². The van der Waals surface area contributed by atoms with Crippen LogP contribution in [0.25, 0.3) is 6.08 Å². The highest BCUT2D eigenvalue weighted by atomic mass is 15.2. The molecule has 2 nitrogen and oxygen atoms in total. The highest BCUT2D eigenvalue weighted by molar-refractivity contribution is 5.52. The van der Waals surface area contributed by atoms with Gasteiger partial charge in [0.25, 0.3) is 0 Å². The summed E-state index contributed by atoms with van der Waals surface area (Å²) < 4.78 is 0. The fourth-order valence-electron chi connectivity index (χ4n) is 2.74. The van der Waals surface area contributed by atoms with Gasteiger partial charge in [0.05, 0.1) is 26.7 Å². The smallest absolute Gasteiger partial charge is 0.127 e. The van der Waals surface area contributed by atoms with Crippen LogP contribution in [0.3, 0.4) is 0 Å². The fraction of sp³-hybridized carbons (Fsp3) is 0.500. The molecule has 2 rings (SSSR count). The van der Waals surface area contributed by atoms with Crippen LogP contribution in [0.15, 0.2) is 35.9 Å². The van der Waals surface area contributed by atoms with Crippen molar-refractivity contribution in [3.05, 3.63) is 41.5 Å². The van der Waals surface area contributed by atoms with E-state index >= 15 is 0 Å². The molecule has 0 aromatic heterocycles. The molecule has 1 aliphatic rings. The van der Waals surface area contributed by atoms with Crippen LogP contribution >= 0.6 is 0 Å². The first kappa shape index (κ1) is 13.3. The number of benzene rings is 1. The van der Waals surface area contributed by atoms with Gasteiger partial charge >= 0.3 is 0 Å². The maximum Gasteiger partial charge on any atom is 0.127 e. The van der Waals surface area contributed by atoms with Crippen LogP contribution in [-0.2, 0) is 0 Å². The lowest BCUT2D eigenvalue weighted by atomic mass is 10.1. The van der Waals surface area contributed by atoms with Gasteiger partial charge in [0.1, 0.15) is 13.1 Å². The van der Waals surface area contributed by atoms with E-state index in [4.69, 9.17) is 0 Å². The van der Waals surface area contributed by atoms with Crippen LogP contribution in [0.4, 0.5) is 0 Å². The summed E-state index contributed by atoms with van der Waals surface area (Å²) in [5.74, 6) is 0. The van der Waals surface area contributed by atoms with E-state index in [2.05, 4.69) is 50.4 Å². The second-order valence-electron chi connectivity index (χ2n) is 5.64. The van der Waals surface area contributed by atoms with Gasteiger partial charge in [0, 0.05) is 6.42 Å². The maximum atomic E-state index is 2.33. The van der Waals surface area contributed by atoms with Crippen LogP contribution in [-0.4, -0.2) is 39.8 Å². The zero-order valence-corrected chi connectivity index (χ0v) is 11.7. The summed E-state index contributed by atoms with van der Waals surface area (Å²) in [5, 5.41) is 0. The third-order valence-electron chi connectivity index (χ3n) is 3.78. The van der Waals surface area contributed by atoms with Crippen molar-refractivity contribution in [3.63, 3.8) is 0 Å². The zero-order chi connectivity index (χ0) is 12.8. The first-order chi connectivity index (χ1) is 8.74. The first-order valence-corrected chi connectivity index (χ1v) is 7.11. The molecule has 98 valence electrons. The van der Waals surface area contributed by atoms with E-state index in [0.717, 1.165) is 0 Å². The van der Waals surface area contributed by atoms with Crippen molar-refractivity contribution < 1.29 is 9.80 Å².